The molecule has 2 aromatic rings. The van der Waals surface area contributed by atoms with Crippen molar-refractivity contribution < 1.29 is 23.9 Å². The fourth-order valence-corrected chi connectivity index (χ4v) is 3.97. The van der Waals surface area contributed by atoms with E-state index in [1.165, 1.54) is 24.9 Å². The van der Waals surface area contributed by atoms with E-state index >= 15 is 0 Å². The van der Waals surface area contributed by atoms with E-state index in [9.17, 15) is 19.2 Å². The van der Waals surface area contributed by atoms with E-state index in [0.717, 1.165) is 4.90 Å². The van der Waals surface area contributed by atoms with Crippen LogP contribution in [0.25, 0.3) is 0 Å². The third-order valence-corrected chi connectivity index (χ3v) is 5.67. The molecule has 0 saturated heterocycles. The quantitative estimate of drug-likeness (QED) is 0.587. The number of hydrogen-bond acceptors (Lipinski definition) is 6. The van der Waals surface area contributed by atoms with Crippen LogP contribution in [0.4, 0.5) is 11.4 Å². The molecule has 1 unspecified atom stereocenters. The van der Waals surface area contributed by atoms with Gasteiger partial charge in [-0.3, -0.25) is 19.2 Å². The molecule has 2 aromatic carbocycles. The van der Waals surface area contributed by atoms with Crippen molar-refractivity contribution in [1.82, 2.24) is 5.32 Å². The van der Waals surface area contributed by atoms with Gasteiger partial charge in [0.2, 0.25) is 11.8 Å². The molecular weight excluding hydrogens is 430 g/mol. The number of anilines is 2. The van der Waals surface area contributed by atoms with Crippen LogP contribution in [0.15, 0.2) is 47.4 Å². The number of esters is 1. The van der Waals surface area contributed by atoms with Gasteiger partial charge in [-0.1, -0.05) is 17.7 Å². The lowest BCUT2D eigenvalue weighted by Gasteiger charge is -2.23. The van der Waals surface area contributed by atoms with Gasteiger partial charge in [-0.05, 0) is 36.4 Å². The second-order valence-corrected chi connectivity index (χ2v) is 8.01. The van der Waals surface area contributed by atoms with Crippen LogP contribution in [0.3, 0.4) is 0 Å². The van der Waals surface area contributed by atoms with Crippen LogP contribution in [0.2, 0.25) is 5.02 Å². The van der Waals surface area contributed by atoms with E-state index in [4.69, 9.17) is 11.6 Å². The minimum atomic E-state index is -0.592. The van der Waals surface area contributed by atoms with Gasteiger partial charge in [0, 0.05) is 27.6 Å². The Morgan fingerprint density at radius 2 is 2.00 bits per heavy atom. The highest BCUT2D eigenvalue weighted by molar-refractivity contribution is 8.01. The average molecular weight is 448 g/mol. The summed E-state index contributed by atoms with van der Waals surface area (Å²) in [6, 6.07) is 11.4. The summed E-state index contributed by atoms with van der Waals surface area (Å²) in [6.07, 6.45) is -0.0443. The molecule has 0 radical (unpaired) electrons. The van der Waals surface area contributed by atoms with E-state index in [-0.39, 0.29) is 30.3 Å². The molecule has 30 heavy (non-hydrogen) atoms. The molecule has 1 aliphatic heterocycles. The first kappa shape index (κ1) is 21.7. The number of benzene rings is 2. The normalized spacial score (nSPS) is 14.9. The molecule has 10 heteroatoms. The molecule has 0 aromatic heterocycles. The molecule has 3 amide bonds. The van der Waals surface area contributed by atoms with Gasteiger partial charge < -0.3 is 20.7 Å². The first-order valence-corrected chi connectivity index (χ1v) is 10.1. The Morgan fingerprint density at radius 3 is 2.77 bits per heavy atom. The molecular formula is C20H18ClN3O5S. The lowest BCUT2D eigenvalue weighted by Crippen LogP contribution is -2.32. The second kappa shape index (κ2) is 9.64. The van der Waals surface area contributed by atoms with Gasteiger partial charge in [-0.2, -0.15) is 0 Å². The van der Waals surface area contributed by atoms with E-state index in [2.05, 4.69) is 20.7 Å². The summed E-state index contributed by atoms with van der Waals surface area (Å²) in [5, 5.41) is 7.79. The number of rotatable bonds is 6. The Bertz CT molecular complexity index is 1010. The molecule has 3 rings (SSSR count). The number of carbonyl (C=O) groups excluding carboxylic acids is 4. The molecule has 8 nitrogen and oxygen atoms in total. The van der Waals surface area contributed by atoms with Crippen LogP contribution in [-0.2, 0) is 19.1 Å². The summed E-state index contributed by atoms with van der Waals surface area (Å²) in [6.45, 7) is -0.257. The number of methoxy groups -OCH3 is 1. The first-order valence-electron chi connectivity index (χ1n) is 8.87. The fraction of sp³-hybridized carbons (Fsp3) is 0.200. The molecule has 0 bridgehead atoms. The number of halogens is 1. The smallest absolute Gasteiger partial charge is 0.325 e. The number of fused-ring (bicyclic) bond motifs is 1. The van der Waals surface area contributed by atoms with Crippen molar-refractivity contribution in [1.29, 1.82) is 0 Å². The number of nitrogens with one attached hydrogen (secondary N) is 3. The Hall–Kier alpha value is -3.04. The fourth-order valence-electron chi connectivity index (χ4n) is 2.70. The molecule has 0 spiro atoms. The monoisotopic (exact) mass is 447 g/mol. The third kappa shape index (κ3) is 5.52. The molecule has 1 aliphatic rings. The Morgan fingerprint density at radius 1 is 1.20 bits per heavy atom. The highest BCUT2D eigenvalue weighted by Crippen LogP contribution is 2.38. The summed E-state index contributed by atoms with van der Waals surface area (Å²) in [5.41, 5.74) is 1.30. The van der Waals surface area contributed by atoms with Crippen LogP contribution < -0.4 is 16.0 Å². The van der Waals surface area contributed by atoms with Gasteiger partial charge in [-0.15, -0.1) is 11.8 Å². The van der Waals surface area contributed by atoms with Crippen LogP contribution in [-0.4, -0.2) is 42.6 Å². The van der Waals surface area contributed by atoms with Crippen LogP contribution in [0.5, 0.6) is 0 Å². The summed E-state index contributed by atoms with van der Waals surface area (Å²) < 4.78 is 4.47. The molecule has 1 atom stereocenters. The zero-order valence-corrected chi connectivity index (χ0v) is 17.4. The van der Waals surface area contributed by atoms with Gasteiger partial charge in [0.15, 0.2) is 0 Å². The standard InChI is InChI=1S/C20H18ClN3O5S/c1-29-18(26)10-22-19(27)11-3-2-4-13(7-11)23-17(25)9-16-20(28)24-14-8-12(21)5-6-15(14)30-16/h2-8,16H,9-10H2,1H3,(H,22,27)(H,23,25)(H,24,28). The number of carbonyl (C=O) groups is 4. The Balaban J connectivity index is 1.60. The van der Waals surface area contributed by atoms with Crippen molar-refractivity contribution in [2.45, 2.75) is 16.6 Å². The van der Waals surface area contributed by atoms with E-state index < -0.39 is 17.1 Å². The first-order chi connectivity index (χ1) is 14.4. The van der Waals surface area contributed by atoms with Crippen LogP contribution in [0, 0.1) is 0 Å². The van der Waals surface area contributed by atoms with Gasteiger partial charge in [0.25, 0.3) is 5.91 Å². The minimum absolute atomic E-state index is 0.0443. The van der Waals surface area contributed by atoms with Crippen molar-refractivity contribution >= 4 is 58.4 Å². The molecule has 1 heterocycles. The second-order valence-electron chi connectivity index (χ2n) is 6.33. The predicted octanol–water partition coefficient (Wildman–Crippen LogP) is 2.68. The maximum absolute atomic E-state index is 12.4. The third-order valence-electron chi connectivity index (χ3n) is 4.16. The van der Waals surface area contributed by atoms with Gasteiger partial charge >= 0.3 is 5.97 Å². The lowest BCUT2D eigenvalue weighted by molar-refractivity contribution is -0.139. The van der Waals surface area contributed by atoms with Crippen molar-refractivity contribution in [3.05, 3.63) is 53.1 Å². The SMILES string of the molecule is COC(=O)CNC(=O)c1cccc(NC(=O)CC2Sc3ccc(Cl)cc3NC2=O)c1. The van der Waals surface area contributed by atoms with Crippen molar-refractivity contribution in [3.8, 4) is 0 Å². The number of amides is 3. The van der Waals surface area contributed by atoms with Crippen molar-refractivity contribution in [2.75, 3.05) is 24.3 Å². The topological polar surface area (TPSA) is 114 Å². The van der Waals surface area contributed by atoms with Crippen molar-refractivity contribution in [3.63, 3.8) is 0 Å². The highest BCUT2D eigenvalue weighted by atomic mass is 35.5. The molecule has 0 aliphatic carbocycles. The Labute approximate surface area is 181 Å². The van der Waals surface area contributed by atoms with Crippen molar-refractivity contribution in [2.24, 2.45) is 0 Å². The predicted molar refractivity (Wildman–Crippen MR) is 114 cm³/mol. The Kier molecular flexibility index (Phi) is 6.96. The van der Waals surface area contributed by atoms with Crippen LogP contribution in [0.1, 0.15) is 16.8 Å². The van der Waals surface area contributed by atoms with Crippen LogP contribution >= 0.6 is 23.4 Å². The molecule has 156 valence electrons. The molecule has 0 saturated carbocycles. The summed E-state index contributed by atoms with van der Waals surface area (Å²) in [4.78, 5) is 48.8. The van der Waals surface area contributed by atoms with Gasteiger partial charge in [0.05, 0.1) is 18.0 Å². The number of hydrogen-bond donors (Lipinski definition) is 3. The summed E-state index contributed by atoms with van der Waals surface area (Å²) in [7, 11) is 1.23. The number of thioether (sulfide) groups is 1. The zero-order chi connectivity index (χ0) is 21.7. The molecule has 3 N–H and O–H groups in total. The molecule has 0 fully saturated rings. The largest absolute Gasteiger partial charge is 0.468 e. The summed E-state index contributed by atoms with van der Waals surface area (Å²) >= 11 is 7.23. The van der Waals surface area contributed by atoms with E-state index in [1.54, 1.807) is 36.4 Å². The minimum Gasteiger partial charge on any atom is -0.468 e. The van der Waals surface area contributed by atoms with Gasteiger partial charge in [-0.25, -0.2) is 0 Å². The lowest BCUT2D eigenvalue weighted by atomic mass is 10.1. The number of ether oxygens (including phenoxy) is 1. The summed E-state index contributed by atoms with van der Waals surface area (Å²) in [5.74, 6) is -1.69. The zero-order valence-electron chi connectivity index (χ0n) is 15.9. The van der Waals surface area contributed by atoms with E-state index in [1.807, 2.05) is 0 Å². The average Bonchev–Trinajstić information content (AvgIpc) is 2.72. The van der Waals surface area contributed by atoms with Gasteiger partial charge in [0.1, 0.15) is 6.54 Å². The maximum Gasteiger partial charge on any atom is 0.325 e. The highest BCUT2D eigenvalue weighted by Gasteiger charge is 2.29. The van der Waals surface area contributed by atoms with E-state index in [0.29, 0.717) is 16.4 Å². The maximum atomic E-state index is 12.4.